The molecule has 0 saturated heterocycles. The van der Waals surface area contributed by atoms with Crippen LogP contribution < -0.4 is 16.4 Å². The molecule has 0 unspecified atom stereocenters. The Bertz CT molecular complexity index is 187. The van der Waals surface area contributed by atoms with Gasteiger partial charge in [0, 0.05) is 13.1 Å². The smallest absolute Gasteiger partial charge is 0.206 e. The van der Waals surface area contributed by atoms with E-state index in [1.165, 1.54) is 0 Å². The Morgan fingerprint density at radius 1 is 1.55 bits per heavy atom. The van der Waals surface area contributed by atoms with Crippen molar-refractivity contribution in [3.05, 3.63) is 12.0 Å². The van der Waals surface area contributed by atoms with Crippen LogP contribution in [0.5, 0.6) is 0 Å². The lowest BCUT2D eigenvalue weighted by Gasteiger charge is -2.18. The van der Waals surface area contributed by atoms with E-state index in [0.29, 0.717) is 12.5 Å². The fourth-order valence-corrected chi connectivity index (χ4v) is 0.707. The summed E-state index contributed by atoms with van der Waals surface area (Å²) in [7, 11) is 1.70. The Kier molecular flexibility index (Phi) is 2.74. The molecule has 1 rings (SSSR count). The summed E-state index contributed by atoms with van der Waals surface area (Å²) in [5.41, 5.74) is 8.27. The van der Waals surface area contributed by atoms with E-state index in [1.54, 1.807) is 13.1 Å². The minimum atomic E-state index is 0.636. The second-order valence-electron chi connectivity index (χ2n) is 1.93. The van der Waals surface area contributed by atoms with Crippen LogP contribution in [0.25, 0.3) is 0 Å². The Hall–Kier alpha value is -1.23. The van der Waals surface area contributed by atoms with Gasteiger partial charge in [-0.1, -0.05) is 0 Å². The molecule has 0 aromatic rings. The first-order valence-electron chi connectivity index (χ1n) is 3.45. The fourth-order valence-electron chi connectivity index (χ4n) is 0.707. The number of ether oxygens (including phenoxy) is 1. The van der Waals surface area contributed by atoms with Crippen LogP contribution >= 0.6 is 0 Å². The highest BCUT2D eigenvalue weighted by Crippen LogP contribution is 1.93. The van der Waals surface area contributed by atoms with Crippen LogP contribution in [0.3, 0.4) is 0 Å². The van der Waals surface area contributed by atoms with Crippen LogP contribution in [0.15, 0.2) is 17.0 Å². The van der Waals surface area contributed by atoms with Crippen molar-refractivity contribution in [2.45, 2.75) is 6.92 Å². The van der Waals surface area contributed by atoms with Crippen molar-refractivity contribution < 1.29 is 4.74 Å². The third kappa shape index (κ3) is 2.12. The third-order valence-corrected chi connectivity index (χ3v) is 1.18. The number of nitrogens with one attached hydrogen (secondary N) is 3. The number of hydrogen-bond acceptors (Lipinski definition) is 4. The van der Waals surface area contributed by atoms with Crippen molar-refractivity contribution in [2.24, 2.45) is 4.99 Å². The van der Waals surface area contributed by atoms with Crippen molar-refractivity contribution in [1.29, 1.82) is 0 Å². The molecule has 1 aliphatic heterocycles. The predicted octanol–water partition coefficient (Wildman–Crippen LogP) is -0.495. The van der Waals surface area contributed by atoms with E-state index in [4.69, 9.17) is 4.74 Å². The highest BCUT2D eigenvalue weighted by molar-refractivity contribution is 5.93. The molecular formula is C6H12N4O. The average molecular weight is 156 g/mol. The summed E-state index contributed by atoms with van der Waals surface area (Å²) in [4.78, 5) is 3.93. The number of nitrogens with zero attached hydrogens (tertiary/aromatic N) is 1. The second kappa shape index (κ2) is 3.82. The first-order valence-corrected chi connectivity index (χ1v) is 3.45. The topological polar surface area (TPSA) is 57.7 Å². The molecule has 0 aromatic heterocycles. The van der Waals surface area contributed by atoms with E-state index in [1.807, 2.05) is 6.92 Å². The zero-order chi connectivity index (χ0) is 8.10. The lowest BCUT2D eigenvalue weighted by molar-refractivity contribution is 0.190. The Morgan fingerprint density at radius 2 is 2.36 bits per heavy atom. The molecule has 5 heteroatoms. The second-order valence-corrected chi connectivity index (χ2v) is 1.93. The lowest BCUT2D eigenvalue weighted by atomic mass is 10.5. The highest BCUT2D eigenvalue weighted by atomic mass is 16.5. The third-order valence-electron chi connectivity index (χ3n) is 1.18. The standard InChI is InChI=1S/C6H12N4O/c1-3-11-6-4-5(7-2)8-10-9-6/h4,9-10H,3H2,1-2H3,(H,7,8). The van der Waals surface area contributed by atoms with Gasteiger partial charge in [-0.3, -0.25) is 15.8 Å². The van der Waals surface area contributed by atoms with E-state index in [0.717, 1.165) is 5.84 Å². The maximum Gasteiger partial charge on any atom is 0.206 e. The summed E-state index contributed by atoms with van der Waals surface area (Å²) < 4.78 is 5.18. The van der Waals surface area contributed by atoms with Gasteiger partial charge >= 0.3 is 0 Å². The van der Waals surface area contributed by atoms with E-state index >= 15 is 0 Å². The van der Waals surface area contributed by atoms with Crippen molar-refractivity contribution in [2.75, 3.05) is 13.7 Å². The molecule has 1 aliphatic rings. The van der Waals surface area contributed by atoms with Crippen LogP contribution in [0.1, 0.15) is 6.92 Å². The van der Waals surface area contributed by atoms with E-state index in [9.17, 15) is 0 Å². The molecule has 1 heterocycles. The molecule has 0 saturated carbocycles. The van der Waals surface area contributed by atoms with Crippen LogP contribution in [-0.2, 0) is 4.74 Å². The van der Waals surface area contributed by atoms with Crippen LogP contribution in [0.2, 0.25) is 0 Å². The molecule has 0 amide bonds. The molecule has 3 N–H and O–H groups in total. The summed E-state index contributed by atoms with van der Waals surface area (Å²) in [6, 6.07) is 0. The minimum absolute atomic E-state index is 0.636. The maximum absolute atomic E-state index is 5.18. The monoisotopic (exact) mass is 156 g/mol. The van der Waals surface area contributed by atoms with Crippen molar-refractivity contribution in [3.8, 4) is 0 Å². The summed E-state index contributed by atoms with van der Waals surface area (Å²) in [5, 5.41) is 0. The fraction of sp³-hybridized carbons (Fsp3) is 0.500. The summed E-state index contributed by atoms with van der Waals surface area (Å²) >= 11 is 0. The zero-order valence-corrected chi connectivity index (χ0v) is 6.64. The van der Waals surface area contributed by atoms with Gasteiger partial charge in [0.1, 0.15) is 5.84 Å². The molecule has 0 aliphatic carbocycles. The quantitative estimate of drug-likeness (QED) is 0.504. The molecule has 0 aromatic carbocycles. The number of hydrogen-bond donors (Lipinski definition) is 3. The molecule has 5 nitrogen and oxygen atoms in total. The molecule has 0 bridgehead atoms. The maximum atomic E-state index is 5.18. The normalized spacial score (nSPS) is 20.2. The molecule has 0 atom stereocenters. The largest absolute Gasteiger partial charge is 0.478 e. The Balaban J connectivity index is 2.57. The van der Waals surface area contributed by atoms with Gasteiger partial charge in [0.05, 0.1) is 6.61 Å². The van der Waals surface area contributed by atoms with Gasteiger partial charge in [-0.25, -0.2) is 0 Å². The molecular weight excluding hydrogens is 144 g/mol. The molecule has 11 heavy (non-hydrogen) atoms. The van der Waals surface area contributed by atoms with Gasteiger partial charge in [-0.05, 0) is 6.92 Å². The molecule has 0 spiro atoms. The number of amidine groups is 1. The van der Waals surface area contributed by atoms with Gasteiger partial charge in [-0.2, -0.15) is 0 Å². The molecule has 0 fully saturated rings. The van der Waals surface area contributed by atoms with Crippen molar-refractivity contribution in [3.63, 3.8) is 0 Å². The summed E-state index contributed by atoms with van der Waals surface area (Å²) in [6.07, 6.45) is 1.78. The zero-order valence-electron chi connectivity index (χ0n) is 6.64. The van der Waals surface area contributed by atoms with Crippen molar-refractivity contribution >= 4 is 5.84 Å². The number of rotatable bonds is 2. The van der Waals surface area contributed by atoms with Crippen LogP contribution in [-0.4, -0.2) is 19.5 Å². The van der Waals surface area contributed by atoms with E-state index in [-0.39, 0.29) is 0 Å². The van der Waals surface area contributed by atoms with Gasteiger partial charge in [0.2, 0.25) is 5.88 Å². The van der Waals surface area contributed by atoms with Crippen LogP contribution in [0, 0.1) is 0 Å². The number of aliphatic imine (C=N–C) groups is 1. The first kappa shape index (κ1) is 7.87. The molecule has 62 valence electrons. The molecule has 0 radical (unpaired) electrons. The van der Waals surface area contributed by atoms with Crippen molar-refractivity contribution in [1.82, 2.24) is 16.4 Å². The highest BCUT2D eigenvalue weighted by Gasteiger charge is 2.04. The van der Waals surface area contributed by atoms with E-state index < -0.39 is 0 Å². The Labute approximate surface area is 65.5 Å². The van der Waals surface area contributed by atoms with Gasteiger partial charge < -0.3 is 4.74 Å². The number of hydrazine groups is 2. The first-order chi connectivity index (χ1) is 5.36. The van der Waals surface area contributed by atoms with Crippen LogP contribution in [0.4, 0.5) is 0 Å². The Morgan fingerprint density at radius 3 is 3.00 bits per heavy atom. The predicted molar refractivity (Wildman–Crippen MR) is 42.5 cm³/mol. The summed E-state index contributed by atoms with van der Waals surface area (Å²) in [6.45, 7) is 2.56. The SMILES string of the molecule is CCOC1=CC(=NC)NNN1. The minimum Gasteiger partial charge on any atom is -0.478 e. The summed E-state index contributed by atoms with van der Waals surface area (Å²) in [5.74, 6) is 1.42. The van der Waals surface area contributed by atoms with Gasteiger partial charge in [0.15, 0.2) is 0 Å². The van der Waals surface area contributed by atoms with E-state index in [2.05, 4.69) is 21.4 Å². The average Bonchev–Trinajstić information content (AvgIpc) is 2.06. The lowest BCUT2D eigenvalue weighted by Crippen LogP contribution is -2.50. The van der Waals surface area contributed by atoms with Gasteiger partial charge in [-0.15, -0.1) is 5.53 Å². The van der Waals surface area contributed by atoms with Gasteiger partial charge in [0.25, 0.3) is 0 Å².